The third-order valence-corrected chi connectivity index (χ3v) is 3.91. The van der Waals surface area contributed by atoms with Gasteiger partial charge in [0, 0.05) is 18.5 Å². The van der Waals surface area contributed by atoms with E-state index in [9.17, 15) is 19.5 Å². The second-order valence-electron chi connectivity index (χ2n) is 6.82. The molecule has 2 amide bonds. The van der Waals surface area contributed by atoms with E-state index in [2.05, 4.69) is 20.6 Å². The minimum absolute atomic E-state index is 0.108. The second kappa shape index (κ2) is 12.3. The van der Waals surface area contributed by atoms with E-state index in [0.29, 0.717) is 18.8 Å². The third-order valence-electron chi connectivity index (χ3n) is 3.91. The van der Waals surface area contributed by atoms with Crippen molar-refractivity contribution in [3.05, 3.63) is 35.2 Å². The van der Waals surface area contributed by atoms with Crippen molar-refractivity contribution in [2.75, 3.05) is 39.6 Å². The Hall–Kier alpha value is -3.27. The summed E-state index contributed by atoms with van der Waals surface area (Å²) >= 11 is 0. The van der Waals surface area contributed by atoms with E-state index in [1.165, 1.54) is 14.0 Å². The highest BCUT2D eigenvalue weighted by molar-refractivity contribution is 6.18. The van der Waals surface area contributed by atoms with Crippen molar-refractivity contribution < 1.29 is 24.2 Å². The molecule has 3 N–H and O–H groups in total. The van der Waals surface area contributed by atoms with Gasteiger partial charge in [0.2, 0.25) is 5.91 Å². The van der Waals surface area contributed by atoms with Crippen LogP contribution in [0.4, 0.5) is 5.82 Å². The van der Waals surface area contributed by atoms with Gasteiger partial charge in [-0.2, -0.15) is 0 Å². The van der Waals surface area contributed by atoms with E-state index in [1.54, 1.807) is 25.1 Å². The second-order valence-corrected chi connectivity index (χ2v) is 6.82. The van der Waals surface area contributed by atoms with Gasteiger partial charge in [0.1, 0.15) is 24.2 Å². The number of rotatable bonds is 10. The molecule has 0 aliphatic heterocycles. The number of methoxy groups -OCH3 is 1. The van der Waals surface area contributed by atoms with Crippen LogP contribution in [0.1, 0.15) is 19.0 Å². The van der Waals surface area contributed by atoms with E-state index in [1.807, 2.05) is 19.0 Å². The topological polar surface area (TPSA) is 133 Å². The summed E-state index contributed by atoms with van der Waals surface area (Å²) in [5.41, 5.74) is 0.613. The van der Waals surface area contributed by atoms with Gasteiger partial charge in [-0.1, -0.05) is 6.07 Å². The number of nitrogens with zero attached hydrogens (tertiary/aromatic N) is 3. The molecule has 0 bridgehead atoms. The lowest BCUT2D eigenvalue weighted by Crippen LogP contribution is -2.44. The Bertz CT molecular complexity index is 816. The van der Waals surface area contributed by atoms with Gasteiger partial charge in [-0.15, -0.1) is 0 Å². The molecular weight excluding hydrogens is 390 g/mol. The zero-order valence-electron chi connectivity index (χ0n) is 17.9. The first-order valence-corrected chi connectivity index (χ1v) is 9.30. The maximum Gasteiger partial charge on any atom is 0.328 e. The fourth-order valence-electron chi connectivity index (χ4n) is 2.35. The van der Waals surface area contributed by atoms with Crippen molar-refractivity contribution in [1.82, 2.24) is 15.2 Å². The Balaban J connectivity index is 2.72. The monoisotopic (exact) mass is 419 g/mol. The molecule has 10 nitrogen and oxygen atoms in total. The lowest BCUT2D eigenvalue weighted by atomic mass is 10.2. The number of nitrogens with one attached hydrogen (secondary N) is 2. The predicted octanol–water partition coefficient (Wildman–Crippen LogP) is 0.841. The third kappa shape index (κ3) is 8.82. The average molecular weight is 419 g/mol. The van der Waals surface area contributed by atoms with Crippen LogP contribution in [0.3, 0.4) is 0 Å². The van der Waals surface area contributed by atoms with Gasteiger partial charge in [0.25, 0.3) is 5.91 Å². The SMILES string of the molecule is COC(=O)C(CCN(C)C)NC(=O)CN=C/C(C(=O)Nc1cccc(C)n1)=C(/C)O. The van der Waals surface area contributed by atoms with Gasteiger partial charge in [0.15, 0.2) is 0 Å². The molecule has 1 aromatic rings. The molecule has 0 aliphatic carbocycles. The number of pyridine rings is 1. The summed E-state index contributed by atoms with van der Waals surface area (Å²) in [7, 11) is 4.95. The number of aliphatic imine (C=N–C) groups is 1. The standard InChI is InChI=1S/C20H29N5O5/c1-13-7-6-8-17(22-13)24-19(28)15(14(2)26)11-21-12-18(27)23-16(20(29)30-5)9-10-25(3)4/h6-8,11,16,26H,9-10,12H2,1-5H3,(H,23,27)(H,22,24,28)/b15-14+,21-11?. The quantitative estimate of drug-likeness (QED) is 0.221. The molecule has 1 unspecified atom stereocenters. The number of amides is 2. The molecule has 1 rings (SSSR count). The molecule has 164 valence electrons. The van der Waals surface area contributed by atoms with Crippen LogP contribution in [-0.2, 0) is 19.1 Å². The number of anilines is 1. The molecule has 10 heteroatoms. The number of aryl methyl sites for hydroxylation is 1. The Labute approximate surface area is 176 Å². The highest BCUT2D eigenvalue weighted by Crippen LogP contribution is 2.07. The summed E-state index contributed by atoms with van der Waals surface area (Å²) in [6, 6.07) is 4.33. The summed E-state index contributed by atoms with van der Waals surface area (Å²) < 4.78 is 4.71. The molecule has 0 radical (unpaired) electrons. The largest absolute Gasteiger partial charge is 0.512 e. The molecule has 0 saturated heterocycles. The number of esters is 1. The van der Waals surface area contributed by atoms with E-state index in [-0.39, 0.29) is 17.9 Å². The molecule has 30 heavy (non-hydrogen) atoms. The van der Waals surface area contributed by atoms with Crippen LogP contribution < -0.4 is 10.6 Å². The molecule has 0 aromatic carbocycles. The number of aliphatic hydroxyl groups is 1. The molecule has 0 spiro atoms. The Kier molecular flexibility index (Phi) is 10.2. The number of carbonyl (C=O) groups excluding carboxylic acids is 3. The van der Waals surface area contributed by atoms with Crippen LogP contribution in [0.15, 0.2) is 34.5 Å². The molecule has 0 aliphatic rings. The molecule has 0 fully saturated rings. The van der Waals surface area contributed by atoms with Crippen LogP contribution in [0.5, 0.6) is 0 Å². The number of aliphatic hydroxyl groups excluding tert-OH is 1. The summed E-state index contributed by atoms with van der Waals surface area (Å²) in [6.45, 7) is 3.36. The van der Waals surface area contributed by atoms with Crippen molar-refractivity contribution in [3.8, 4) is 0 Å². The Morgan fingerprint density at radius 2 is 2.03 bits per heavy atom. The van der Waals surface area contributed by atoms with Crippen molar-refractivity contribution in [3.63, 3.8) is 0 Å². The number of aromatic nitrogens is 1. The lowest BCUT2D eigenvalue weighted by molar-refractivity contribution is -0.145. The first kappa shape index (κ1) is 24.8. The fraction of sp³-hybridized carbons (Fsp3) is 0.450. The van der Waals surface area contributed by atoms with Crippen molar-refractivity contribution in [2.24, 2.45) is 4.99 Å². The van der Waals surface area contributed by atoms with Crippen molar-refractivity contribution >= 4 is 29.8 Å². The number of ether oxygens (including phenoxy) is 1. The zero-order valence-corrected chi connectivity index (χ0v) is 17.9. The minimum Gasteiger partial charge on any atom is -0.512 e. The van der Waals surface area contributed by atoms with Gasteiger partial charge < -0.3 is 25.4 Å². The number of hydrogen-bond acceptors (Lipinski definition) is 8. The van der Waals surface area contributed by atoms with Gasteiger partial charge in [0.05, 0.1) is 12.7 Å². The summed E-state index contributed by atoms with van der Waals surface area (Å²) in [5, 5.41) is 14.9. The van der Waals surface area contributed by atoms with Crippen molar-refractivity contribution in [1.29, 1.82) is 0 Å². The van der Waals surface area contributed by atoms with Gasteiger partial charge in [-0.05, 0) is 46.5 Å². The summed E-state index contributed by atoms with van der Waals surface area (Å²) in [5.74, 6) is -1.62. The highest BCUT2D eigenvalue weighted by atomic mass is 16.5. The van der Waals surface area contributed by atoms with Crippen LogP contribution in [0, 0.1) is 6.92 Å². The van der Waals surface area contributed by atoms with Crippen LogP contribution in [-0.4, -0.2) is 79.3 Å². The number of allylic oxidation sites excluding steroid dienone is 1. The van der Waals surface area contributed by atoms with Gasteiger partial charge in [-0.25, -0.2) is 9.78 Å². The molecular formula is C20H29N5O5. The van der Waals surface area contributed by atoms with E-state index < -0.39 is 23.8 Å². The van der Waals surface area contributed by atoms with Crippen molar-refractivity contribution in [2.45, 2.75) is 26.3 Å². The molecule has 1 atom stereocenters. The number of hydrogen-bond donors (Lipinski definition) is 3. The first-order chi connectivity index (χ1) is 14.1. The van der Waals surface area contributed by atoms with Crippen LogP contribution >= 0.6 is 0 Å². The van der Waals surface area contributed by atoms with Gasteiger partial charge in [-0.3, -0.25) is 14.6 Å². The van der Waals surface area contributed by atoms with E-state index in [0.717, 1.165) is 11.9 Å². The molecule has 0 saturated carbocycles. The summed E-state index contributed by atoms with van der Waals surface area (Å²) in [6.07, 6.45) is 1.48. The normalized spacial score (nSPS) is 13.0. The first-order valence-electron chi connectivity index (χ1n) is 9.30. The maximum atomic E-state index is 12.4. The average Bonchev–Trinajstić information content (AvgIpc) is 2.67. The number of carbonyl (C=O) groups is 3. The molecule has 1 heterocycles. The van der Waals surface area contributed by atoms with Crippen LogP contribution in [0.25, 0.3) is 0 Å². The van der Waals surface area contributed by atoms with E-state index in [4.69, 9.17) is 4.74 Å². The lowest BCUT2D eigenvalue weighted by Gasteiger charge is -2.18. The summed E-state index contributed by atoms with van der Waals surface area (Å²) in [4.78, 5) is 46.3. The smallest absolute Gasteiger partial charge is 0.328 e. The van der Waals surface area contributed by atoms with Gasteiger partial charge >= 0.3 is 5.97 Å². The predicted molar refractivity (Wildman–Crippen MR) is 113 cm³/mol. The fourth-order valence-corrected chi connectivity index (χ4v) is 2.35. The minimum atomic E-state index is -0.801. The van der Waals surface area contributed by atoms with E-state index >= 15 is 0 Å². The Morgan fingerprint density at radius 1 is 1.33 bits per heavy atom. The molecule has 1 aromatic heterocycles. The van der Waals surface area contributed by atoms with Crippen LogP contribution in [0.2, 0.25) is 0 Å². The zero-order chi connectivity index (χ0) is 22.7. The highest BCUT2D eigenvalue weighted by Gasteiger charge is 2.21. The Morgan fingerprint density at radius 3 is 2.60 bits per heavy atom. The maximum absolute atomic E-state index is 12.4.